The Hall–Kier alpha value is -0.320. The highest BCUT2D eigenvalue weighted by Gasteiger charge is 2.23. The van der Waals surface area contributed by atoms with E-state index in [-0.39, 0.29) is 12.1 Å². The Morgan fingerprint density at radius 3 is 2.72 bits per heavy atom. The lowest BCUT2D eigenvalue weighted by Crippen LogP contribution is -2.46. The summed E-state index contributed by atoms with van der Waals surface area (Å²) in [5, 5.41) is 13.5. The first-order valence-corrected chi connectivity index (χ1v) is 6.56. The lowest BCUT2D eigenvalue weighted by Gasteiger charge is -2.30. The maximum absolute atomic E-state index is 9.08. The molecule has 0 fully saturated rings. The second-order valence-corrected chi connectivity index (χ2v) is 5.32. The molecule has 1 rings (SSSR count). The van der Waals surface area contributed by atoms with Crippen LogP contribution in [0.15, 0.2) is 18.2 Å². The van der Waals surface area contributed by atoms with Gasteiger partial charge in [0.25, 0.3) is 0 Å². The van der Waals surface area contributed by atoms with Gasteiger partial charge < -0.3 is 15.2 Å². The maximum atomic E-state index is 9.08. The van der Waals surface area contributed by atoms with Crippen molar-refractivity contribution in [3.8, 4) is 0 Å². The molecule has 2 N–H and O–H groups in total. The third-order valence-electron chi connectivity index (χ3n) is 2.86. The number of benzene rings is 1. The average Bonchev–Trinajstić information content (AvgIpc) is 2.32. The predicted molar refractivity (Wildman–Crippen MR) is 75.3 cm³/mol. The van der Waals surface area contributed by atoms with Crippen molar-refractivity contribution in [2.24, 2.45) is 0 Å². The highest BCUT2D eigenvalue weighted by molar-refractivity contribution is 6.42. The van der Waals surface area contributed by atoms with E-state index >= 15 is 0 Å². The number of aliphatic hydroxyl groups is 1. The lowest BCUT2D eigenvalue weighted by molar-refractivity contribution is 0.0970. The summed E-state index contributed by atoms with van der Waals surface area (Å²) >= 11 is 12.1. The lowest BCUT2D eigenvalue weighted by atomic mass is 9.99. The number of rotatable bonds is 7. The summed E-state index contributed by atoms with van der Waals surface area (Å²) in [5.74, 6) is 0. The second kappa shape index (κ2) is 7.31. The van der Waals surface area contributed by atoms with E-state index in [0.29, 0.717) is 29.6 Å². The van der Waals surface area contributed by atoms with Gasteiger partial charge in [0.2, 0.25) is 0 Å². The molecule has 18 heavy (non-hydrogen) atoms. The van der Waals surface area contributed by atoms with Gasteiger partial charge in [0, 0.05) is 25.8 Å². The molecule has 5 heteroatoms. The fourth-order valence-electron chi connectivity index (χ4n) is 1.77. The standard InChI is InChI=1S/C13H19Cl2NO2/c1-13(6-7-17,9-18-2)16-8-10-4-3-5-11(14)12(10)15/h3-5,16-17H,6-9H2,1-2H3. The summed E-state index contributed by atoms with van der Waals surface area (Å²) in [5.41, 5.74) is 0.652. The van der Waals surface area contributed by atoms with Gasteiger partial charge in [0.15, 0.2) is 0 Å². The van der Waals surface area contributed by atoms with Crippen molar-refractivity contribution in [3.63, 3.8) is 0 Å². The first kappa shape index (κ1) is 15.7. The first-order chi connectivity index (χ1) is 8.52. The molecule has 0 saturated heterocycles. The van der Waals surface area contributed by atoms with Gasteiger partial charge in [0.1, 0.15) is 0 Å². The number of methoxy groups -OCH3 is 1. The Bertz CT molecular complexity index is 379. The molecule has 0 amide bonds. The number of aliphatic hydroxyl groups excluding tert-OH is 1. The molecule has 0 radical (unpaired) electrons. The van der Waals surface area contributed by atoms with Crippen LogP contribution >= 0.6 is 23.2 Å². The van der Waals surface area contributed by atoms with Crippen molar-refractivity contribution in [2.75, 3.05) is 20.3 Å². The van der Waals surface area contributed by atoms with Crippen LogP contribution in [-0.2, 0) is 11.3 Å². The largest absolute Gasteiger partial charge is 0.396 e. The molecule has 102 valence electrons. The minimum atomic E-state index is -0.283. The van der Waals surface area contributed by atoms with Crippen LogP contribution in [0.1, 0.15) is 18.9 Å². The number of ether oxygens (including phenoxy) is 1. The molecular formula is C13H19Cl2NO2. The smallest absolute Gasteiger partial charge is 0.0642 e. The predicted octanol–water partition coefficient (Wildman–Crippen LogP) is 2.87. The number of hydrogen-bond acceptors (Lipinski definition) is 3. The van der Waals surface area contributed by atoms with Crippen LogP contribution in [0.25, 0.3) is 0 Å². The topological polar surface area (TPSA) is 41.5 Å². The molecule has 0 aromatic heterocycles. The van der Waals surface area contributed by atoms with Crippen molar-refractivity contribution in [1.29, 1.82) is 0 Å². The zero-order valence-electron chi connectivity index (χ0n) is 10.7. The van der Waals surface area contributed by atoms with Gasteiger partial charge in [-0.15, -0.1) is 0 Å². The molecule has 0 spiro atoms. The number of hydrogen-bond donors (Lipinski definition) is 2. The molecule has 1 aromatic carbocycles. The summed E-state index contributed by atoms with van der Waals surface area (Å²) in [6.07, 6.45) is 0.610. The van der Waals surface area contributed by atoms with Gasteiger partial charge in [-0.05, 0) is 25.0 Å². The zero-order valence-corrected chi connectivity index (χ0v) is 12.2. The van der Waals surface area contributed by atoms with E-state index in [2.05, 4.69) is 5.32 Å². The Morgan fingerprint density at radius 1 is 1.39 bits per heavy atom. The molecule has 1 aromatic rings. The van der Waals surface area contributed by atoms with Gasteiger partial charge in [-0.25, -0.2) is 0 Å². The van der Waals surface area contributed by atoms with Crippen molar-refractivity contribution < 1.29 is 9.84 Å². The van der Waals surface area contributed by atoms with Crippen LogP contribution in [-0.4, -0.2) is 31.0 Å². The minimum absolute atomic E-state index is 0.107. The van der Waals surface area contributed by atoms with Crippen LogP contribution in [0.2, 0.25) is 10.0 Å². The van der Waals surface area contributed by atoms with E-state index in [0.717, 1.165) is 5.56 Å². The quantitative estimate of drug-likeness (QED) is 0.812. The van der Waals surface area contributed by atoms with Crippen LogP contribution in [0.3, 0.4) is 0 Å². The van der Waals surface area contributed by atoms with Crippen LogP contribution in [0.4, 0.5) is 0 Å². The minimum Gasteiger partial charge on any atom is -0.396 e. The van der Waals surface area contributed by atoms with Gasteiger partial charge in [-0.1, -0.05) is 35.3 Å². The fraction of sp³-hybridized carbons (Fsp3) is 0.538. The molecule has 1 unspecified atom stereocenters. The van der Waals surface area contributed by atoms with Crippen LogP contribution in [0, 0.1) is 0 Å². The summed E-state index contributed by atoms with van der Waals surface area (Å²) in [4.78, 5) is 0. The van der Waals surface area contributed by atoms with Crippen molar-refractivity contribution in [3.05, 3.63) is 33.8 Å². The fourth-order valence-corrected chi connectivity index (χ4v) is 2.16. The van der Waals surface area contributed by atoms with Crippen LogP contribution < -0.4 is 5.32 Å². The number of nitrogens with one attached hydrogen (secondary N) is 1. The third-order valence-corrected chi connectivity index (χ3v) is 3.72. The monoisotopic (exact) mass is 291 g/mol. The summed E-state index contributed by atoms with van der Waals surface area (Å²) in [6.45, 7) is 3.21. The van der Waals surface area contributed by atoms with Gasteiger partial charge in [-0.3, -0.25) is 0 Å². The van der Waals surface area contributed by atoms with E-state index in [1.807, 2.05) is 19.1 Å². The van der Waals surface area contributed by atoms with E-state index in [4.69, 9.17) is 33.0 Å². The van der Waals surface area contributed by atoms with E-state index in [1.165, 1.54) is 0 Å². The summed E-state index contributed by atoms with van der Waals surface area (Å²) in [7, 11) is 1.64. The Labute approximate surface area is 118 Å². The van der Waals surface area contributed by atoms with E-state index < -0.39 is 0 Å². The maximum Gasteiger partial charge on any atom is 0.0642 e. The van der Waals surface area contributed by atoms with Crippen molar-refractivity contribution in [1.82, 2.24) is 5.32 Å². The molecule has 0 bridgehead atoms. The van der Waals surface area contributed by atoms with Crippen LogP contribution in [0.5, 0.6) is 0 Å². The molecule has 0 heterocycles. The Morgan fingerprint density at radius 2 is 2.11 bits per heavy atom. The third kappa shape index (κ3) is 4.41. The van der Waals surface area contributed by atoms with Crippen molar-refractivity contribution in [2.45, 2.75) is 25.4 Å². The second-order valence-electron chi connectivity index (χ2n) is 4.53. The molecule has 0 aliphatic heterocycles. The molecule has 0 aliphatic carbocycles. The highest BCUT2D eigenvalue weighted by Crippen LogP contribution is 2.26. The molecule has 0 saturated carbocycles. The normalized spacial score (nSPS) is 14.5. The van der Waals surface area contributed by atoms with Gasteiger partial charge in [-0.2, -0.15) is 0 Å². The van der Waals surface area contributed by atoms with E-state index in [1.54, 1.807) is 13.2 Å². The Balaban J connectivity index is 2.69. The van der Waals surface area contributed by atoms with Crippen molar-refractivity contribution >= 4 is 23.2 Å². The van der Waals surface area contributed by atoms with Gasteiger partial charge in [0.05, 0.1) is 16.7 Å². The Kier molecular flexibility index (Phi) is 6.39. The number of halogens is 2. The average molecular weight is 292 g/mol. The molecular weight excluding hydrogens is 273 g/mol. The summed E-state index contributed by atoms with van der Waals surface area (Å²) < 4.78 is 5.17. The molecule has 0 aliphatic rings. The zero-order chi connectivity index (χ0) is 13.6. The van der Waals surface area contributed by atoms with Gasteiger partial charge >= 0.3 is 0 Å². The van der Waals surface area contributed by atoms with E-state index in [9.17, 15) is 0 Å². The highest BCUT2D eigenvalue weighted by atomic mass is 35.5. The first-order valence-electron chi connectivity index (χ1n) is 5.80. The molecule has 1 atom stereocenters. The SMILES string of the molecule is COCC(C)(CCO)NCc1cccc(Cl)c1Cl. The molecule has 3 nitrogen and oxygen atoms in total. The summed E-state index contributed by atoms with van der Waals surface area (Å²) in [6, 6.07) is 5.55.